The number of hydrogen-bond acceptors (Lipinski definition) is 2. The van der Waals surface area contributed by atoms with Gasteiger partial charge in [-0.15, -0.1) is 0 Å². The van der Waals surface area contributed by atoms with Gasteiger partial charge in [0, 0.05) is 0 Å². The van der Waals surface area contributed by atoms with Gasteiger partial charge >= 0.3 is 7.60 Å². The van der Waals surface area contributed by atoms with Gasteiger partial charge in [-0.05, 0) is 19.8 Å². The third-order valence-corrected chi connectivity index (χ3v) is 3.09. The van der Waals surface area contributed by atoms with Gasteiger partial charge in [-0.25, -0.2) is 0 Å². The van der Waals surface area contributed by atoms with Crippen LogP contribution in [0.2, 0.25) is 0 Å². The Hall–Kier alpha value is 0.110. The Morgan fingerprint density at radius 3 is 2.00 bits per heavy atom. The van der Waals surface area contributed by atoms with Crippen LogP contribution in [0.3, 0.4) is 0 Å². The lowest BCUT2D eigenvalue weighted by molar-refractivity contribution is 0.177. The van der Waals surface area contributed by atoms with Crippen molar-refractivity contribution < 1.29 is 19.5 Å². The zero-order valence-corrected chi connectivity index (χ0v) is 7.66. The molecule has 2 unspecified atom stereocenters. The Balaban J connectivity index is 4.08. The van der Waals surface area contributed by atoms with Gasteiger partial charge in [0.2, 0.25) is 0 Å². The number of aliphatic hydroxyl groups is 1. The molecule has 3 N–H and O–H groups in total. The number of hydrogen-bond donors (Lipinski definition) is 3. The van der Waals surface area contributed by atoms with Crippen LogP contribution in [0, 0.1) is 0 Å². The van der Waals surface area contributed by atoms with E-state index in [1.54, 1.807) is 6.92 Å². The molecule has 0 heterocycles. The summed E-state index contributed by atoms with van der Waals surface area (Å²) in [5.41, 5.74) is -0.692. The summed E-state index contributed by atoms with van der Waals surface area (Å²) in [6.45, 7) is 3.23. The largest absolute Gasteiger partial charge is 0.393 e. The number of rotatable bonds is 4. The van der Waals surface area contributed by atoms with E-state index >= 15 is 0 Å². The SMILES string of the molecule is CCC(CC(C)O)P(=O)(O)O. The summed E-state index contributed by atoms with van der Waals surface area (Å²) in [4.78, 5) is 17.5. The van der Waals surface area contributed by atoms with E-state index < -0.39 is 19.4 Å². The minimum absolute atomic E-state index is 0.167. The van der Waals surface area contributed by atoms with Gasteiger partial charge in [-0.2, -0.15) is 0 Å². The standard InChI is InChI=1S/C6H15O4P/c1-3-6(4-5(2)7)11(8,9)10/h5-7H,3-4H2,1-2H3,(H2,8,9,10). The summed E-state index contributed by atoms with van der Waals surface area (Å²) >= 11 is 0. The molecular weight excluding hydrogens is 167 g/mol. The van der Waals surface area contributed by atoms with E-state index in [9.17, 15) is 4.57 Å². The highest BCUT2D eigenvalue weighted by Gasteiger charge is 2.27. The average molecular weight is 182 g/mol. The third-order valence-electron chi connectivity index (χ3n) is 1.56. The van der Waals surface area contributed by atoms with Crippen LogP contribution in [0.25, 0.3) is 0 Å². The van der Waals surface area contributed by atoms with Gasteiger partial charge in [0.15, 0.2) is 0 Å². The van der Waals surface area contributed by atoms with Crippen molar-refractivity contribution in [1.29, 1.82) is 0 Å². The summed E-state index contributed by atoms with van der Waals surface area (Å²) < 4.78 is 10.7. The van der Waals surface area contributed by atoms with Crippen LogP contribution in [-0.4, -0.2) is 26.7 Å². The molecule has 0 amide bonds. The van der Waals surface area contributed by atoms with Crippen LogP contribution >= 0.6 is 7.60 Å². The monoisotopic (exact) mass is 182 g/mol. The zero-order chi connectivity index (χ0) is 9.07. The topological polar surface area (TPSA) is 77.8 Å². The summed E-state index contributed by atoms with van der Waals surface area (Å²) in [5.74, 6) is 0. The average Bonchev–Trinajstić information content (AvgIpc) is 1.79. The Bertz CT molecular complexity index is 151. The van der Waals surface area contributed by atoms with E-state index in [-0.39, 0.29) is 6.42 Å². The third kappa shape index (κ3) is 4.53. The maximum absolute atomic E-state index is 10.7. The van der Waals surface area contributed by atoms with Crippen molar-refractivity contribution in [2.75, 3.05) is 0 Å². The molecule has 68 valence electrons. The molecule has 0 bridgehead atoms. The molecule has 0 rings (SSSR count). The maximum atomic E-state index is 10.7. The predicted molar refractivity (Wildman–Crippen MR) is 42.4 cm³/mol. The van der Waals surface area contributed by atoms with Gasteiger partial charge in [0.25, 0.3) is 0 Å². The van der Waals surface area contributed by atoms with Gasteiger partial charge in [0.05, 0.1) is 11.8 Å². The first kappa shape index (κ1) is 11.1. The quantitative estimate of drug-likeness (QED) is 0.559. The van der Waals surface area contributed by atoms with Crippen molar-refractivity contribution in [2.24, 2.45) is 0 Å². The lowest BCUT2D eigenvalue weighted by Crippen LogP contribution is -2.14. The predicted octanol–water partition coefficient (Wildman–Crippen LogP) is 0.714. The normalized spacial score (nSPS) is 17.9. The Kier molecular flexibility index (Phi) is 4.26. The highest BCUT2D eigenvalue weighted by Crippen LogP contribution is 2.44. The van der Waals surface area contributed by atoms with E-state index in [4.69, 9.17) is 14.9 Å². The molecule has 0 fully saturated rings. The molecule has 2 atom stereocenters. The van der Waals surface area contributed by atoms with Crippen molar-refractivity contribution >= 4 is 7.60 Å². The molecule has 5 heteroatoms. The molecule has 0 saturated heterocycles. The molecule has 0 radical (unpaired) electrons. The van der Waals surface area contributed by atoms with Crippen molar-refractivity contribution in [3.05, 3.63) is 0 Å². The Morgan fingerprint density at radius 1 is 1.45 bits per heavy atom. The fourth-order valence-corrected chi connectivity index (χ4v) is 1.99. The van der Waals surface area contributed by atoms with E-state index in [0.29, 0.717) is 6.42 Å². The molecule has 0 spiro atoms. The van der Waals surface area contributed by atoms with Crippen LogP contribution in [0.1, 0.15) is 26.7 Å². The van der Waals surface area contributed by atoms with Crippen molar-refractivity contribution in [1.82, 2.24) is 0 Å². The van der Waals surface area contributed by atoms with Gasteiger partial charge in [0.1, 0.15) is 0 Å². The fraction of sp³-hybridized carbons (Fsp3) is 1.00. The minimum atomic E-state index is -3.99. The molecule has 0 saturated carbocycles. The second-order valence-electron chi connectivity index (χ2n) is 2.74. The molecular formula is C6H15O4P. The van der Waals surface area contributed by atoms with E-state index in [2.05, 4.69) is 0 Å². The second-order valence-corrected chi connectivity index (χ2v) is 4.64. The summed E-state index contributed by atoms with van der Waals surface area (Å²) in [6, 6.07) is 0. The molecule has 0 aliphatic rings. The highest BCUT2D eigenvalue weighted by molar-refractivity contribution is 7.52. The van der Waals surface area contributed by atoms with Crippen LogP contribution in [-0.2, 0) is 4.57 Å². The Morgan fingerprint density at radius 2 is 1.91 bits per heavy atom. The van der Waals surface area contributed by atoms with Crippen molar-refractivity contribution in [3.63, 3.8) is 0 Å². The first-order valence-electron chi connectivity index (χ1n) is 3.61. The molecule has 4 nitrogen and oxygen atoms in total. The van der Waals surface area contributed by atoms with E-state index in [1.165, 1.54) is 6.92 Å². The first-order valence-corrected chi connectivity index (χ1v) is 5.29. The molecule has 11 heavy (non-hydrogen) atoms. The van der Waals surface area contributed by atoms with Crippen LogP contribution in [0.4, 0.5) is 0 Å². The van der Waals surface area contributed by atoms with Crippen LogP contribution in [0.5, 0.6) is 0 Å². The van der Waals surface area contributed by atoms with Crippen molar-refractivity contribution in [3.8, 4) is 0 Å². The van der Waals surface area contributed by atoms with Gasteiger partial charge < -0.3 is 14.9 Å². The Labute approximate surface area is 66.4 Å². The van der Waals surface area contributed by atoms with Crippen molar-refractivity contribution in [2.45, 2.75) is 38.5 Å². The molecule has 0 aliphatic heterocycles. The molecule has 0 aromatic heterocycles. The second kappa shape index (κ2) is 4.21. The highest BCUT2D eigenvalue weighted by atomic mass is 31.2. The van der Waals surface area contributed by atoms with Gasteiger partial charge in [-0.3, -0.25) is 4.57 Å². The summed E-state index contributed by atoms with van der Waals surface area (Å²) in [7, 11) is -3.99. The minimum Gasteiger partial charge on any atom is -0.393 e. The first-order chi connectivity index (χ1) is 4.88. The maximum Gasteiger partial charge on any atom is 0.328 e. The van der Waals surface area contributed by atoms with E-state index in [1.807, 2.05) is 0 Å². The molecule has 0 aromatic rings. The van der Waals surface area contributed by atoms with E-state index in [0.717, 1.165) is 0 Å². The molecule has 0 aromatic carbocycles. The summed E-state index contributed by atoms with van der Waals surface area (Å²) in [5, 5.41) is 8.87. The van der Waals surface area contributed by atoms with Crippen LogP contribution < -0.4 is 0 Å². The van der Waals surface area contributed by atoms with Gasteiger partial charge in [-0.1, -0.05) is 6.92 Å². The fourth-order valence-electron chi connectivity index (χ4n) is 0.936. The molecule has 0 aliphatic carbocycles. The smallest absolute Gasteiger partial charge is 0.328 e. The lowest BCUT2D eigenvalue weighted by atomic mass is 10.2. The van der Waals surface area contributed by atoms with Crippen LogP contribution in [0.15, 0.2) is 0 Å². The number of aliphatic hydroxyl groups excluding tert-OH is 1. The zero-order valence-electron chi connectivity index (χ0n) is 6.77. The summed E-state index contributed by atoms with van der Waals surface area (Å²) in [6.07, 6.45) is -0.0803. The lowest BCUT2D eigenvalue weighted by Gasteiger charge is -2.17.